The second-order valence-electron chi connectivity index (χ2n) is 4.78. The van der Waals surface area contributed by atoms with Gasteiger partial charge in [0.25, 0.3) is 0 Å². The minimum absolute atomic E-state index is 0.264. The predicted octanol–water partition coefficient (Wildman–Crippen LogP) is 1.84. The van der Waals surface area contributed by atoms with Crippen LogP contribution in [-0.4, -0.2) is 30.6 Å². The van der Waals surface area contributed by atoms with Gasteiger partial charge in [0, 0.05) is 6.54 Å². The number of benzene rings is 1. The molecule has 0 aromatic heterocycles. The molecule has 1 aliphatic rings. The zero-order valence-corrected chi connectivity index (χ0v) is 9.48. The monoisotopic (exact) mass is 205 g/mol. The fourth-order valence-electron chi connectivity index (χ4n) is 2.54. The Morgan fingerprint density at radius 2 is 2.07 bits per heavy atom. The van der Waals surface area contributed by atoms with Crippen molar-refractivity contribution in [3.05, 3.63) is 35.4 Å². The lowest BCUT2D eigenvalue weighted by atomic mass is 9.82. The fourth-order valence-corrected chi connectivity index (χ4v) is 2.54. The summed E-state index contributed by atoms with van der Waals surface area (Å²) >= 11 is 0. The third-order valence-corrected chi connectivity index (χ3v) is 3.10. The topological polar surface area (TPSA) is 23.5 Å². The van der Waals surface area contributed by atoms with Crippen LogP contribution in [0.15, 0.2) is 24.3 Å². The summed E-state index contributed by atoms with van der Waals surface area (Å²) in [5.74, 6) is 0.588. The Hall–Kier alpha value is -0.860. The van der Waals surface area contributed by atoms with Gasteiger partial charge in [0.1, 0.15) is 0 Å². The summed E-state index contributed by atoms with van der Waals surface area (Å²) in [6.07, 6.45) is 1.74. The third kappa shape index (κ3) is 2.39. The summed E-state index contributed by atoms with van der Waals surface area (Å²) in [7, 11) is 4.18. The van der Waals surface area contributed by atoms with Crippen LogP contribution >= 0.6 is 0 Å². The Morgan fingerprint density at radius 3 is 2.80 bits per heavy atom. The van der Waals surface area contributed by atoms with Gasteiger partial charge in [0.05, 0.1) is 6.10 Å². The van der Waals surface area contributed by atoms with Crippen molar-refractivity contribution < 1.29 is 5.11 Å². The maximum absolute atomic E-state index is 10.0. The molecule has 0 fully saturated rings. The number of aliphatic hydroxyl groups excluding tert-OH is 1. The van der Waals surface area contributed by atoms with Gasteiger partial charge in [-0.05, 0) is 44.0 Å². The lowest BCUT2D eigenvalue weighted by Gasteiger charge is -2.30. The van der Waals surface area contributed by atoms with Gasteiger partial charge in [-0.2, -0.15) is 0 Å². The van der Waals surface area contributed by atoms with E-state index in [4.69, 9.17) is 0 Å². The van der Waals surface area contributed by atoms with Crippen LogP contribution in [0.5, 0.6) is 0 Å². The number of hydrogen-bond acceptors (Lipinski definition) is 2. The van der Waals surface area contributed by atoms with Crippen LogP contribution in [0, 0.1) is 5.92 Å². The van der Waals surface area contributed by atoms with E-state index in [1.807, 2.05) is 12.1 Å². The summed E-state index contributed by atoms with van der Waals surface area (Å²) in [4.78, 5) is 2.20. The molecule has 2 unspecified atom stereocenters. The molecule has 2 heteroatoms. The SMILES string of the molecule is CN(C)CC1Cc2ccccc2C(O)C1. The molecule has 2 atom stereocenters. The molecular weight excluding hydrogens is 186 g/mol. The van der Waals surface area contributed by atoms with Crippen molar-refractivity contribution >= 4 is 0 Å². The molecule has 15 heavy (non-hydrogen) atoms. The van der Waals surface area contributed by atoms with Crippen molar-refractivity contribution in [2.24, 2.45) is 5.92 Å². The van der Waals surface area contributed by atoms with Gasteiger partial charge in [-0.1, -0.05) is 24.3 Å². The molecule has 82 valence electrons. The van der Waals surface area contributed by atoms with Crippen molar-refractivity contribution in [2.75, 3.05) is 20.6 Å². The number of hydrogen-bond donors (Lipinski definition) is 1. The first-order chi connectivity index (χ1) is 7.16. The molecule has 2 nitrogen and oxygen atoms in total. The highest BCUT2D eigenvalue weighted by molar-refractivity contribution is 5.31. The van der Waals surface area contributed by atoms with Crippen LogP contribution in [0.2, 0.25) is 0 Å². The van der Waals surface area contributed by atoms with Crippen molar-refractivity contribution in [3.63, 3.8) is 0 Å². The average Bonchev–Trinajstić information content (AvgIpc) is 2.16. The van der Waals surface area contributed by atoms with Gasteiger partial charge >= 0.3 is 0 Å². The average molecular weight is 205 g/mol. The Balaban J connectivity index is 2.15. The third-order valence-electron chi connectivity index (χ3n) is 3.10. The predicted molar refractivity (Wildman–Crippen MR) is 61.8 cm³/mol. The summed E-state index contributed by atoms with van der Waals surface area (Å²) in [5, 5.41) is 10.0. The van der Waals surface area contributed by atoms with E-state index < -0.39 is 0 Å². The minimum Gasteiger partial charge on any atom is -0.388 e. The molecule has 0 saturated heterocycles. The molecule has 1 aliphatic carbocycles. The van der Waals surface area contributed by atoms with Crippen molar-refractivity contribution in [3.8, 4) is 0 Å². The van der Waals surface area contributed by atoms with Crippen molar-refractivity contribution in [1.29, 1.82) is 0 Å². The minimum atomic E-state index is -0.264. The van der Waals surface area contributed by atoms with Crippen LogP contribution in [-0.2, 0) is 6.42 Å². The van der Waals surface area contributed by atoms with E-state index in [0.29, 0.717) is 5.92 Å². The van der Waals surface area contributed by atoms with Gasteiger partial charge in [0.15, 0.2) is 0 Å². The maximum Gasteiger partial charge on any atom is 0.0796 e. The zero-order valence-electron chi connectivity index (χ0n) is 9.48. The van der Waals surface area contributed by atoms with E-state index in [0.717, 1.165) is 24.9 Å². The highest BCUT2D eigenvalue weighted by atomic mass is 16.3. The van der Waals surface area contributed by atoms with E-state index >= 15 is 0 Å². The molecule has 0 radical (unpaired) electrons. The lowest BCUT2D eigenvalue weighted by molar-refractivity contribution is 0.121. The van der Waals surface area contributed by atoms with E-state index in [2.05, 4.69) is 31.1 Å². The first kappa shape index (κ1) is 10.7. The van der Waals surface area contributed by atoms with Crippen LogP contribution < -0.4 is 0 Å². The standard InChI is InChI=1S/C13H19NO/c1-14(2)9-10-7-11-5-3-4-6-12(11)13(15)8-10/h3-6,10,13,15H,7-9H2,1-2H3. The molecule has 0 spiro atoms. The first-order valence-electron chi connectivity index (χ1n) is 5.57. The Bertz CT molecular complexity index is 335. The van der Waals surface area contributed by atoms with Crippen molar-refractivity contribution in [2.45, 2.75) is 18.9 Å². The van der Waals surface area contributed by atoms with E-state index in [1.165, 1.54) is 5.56 Å². The molecule has 1 aromatic carbocycles. The highest BCUT2D eigenvalue weighted by Gasteiger charge is 2.25. The smallest absolute Gasteiger partial charge is 0.0796 e. The normalized spacial score (nSPS) is 25.3. The van der Waals surface area contributed by atoms with Gasteiger partial charge in [-0.25, -0.2) is 0 Å². The quantitative estimate of drug-likeness (QED) is 0.796. The van der Waals surface area contributed by atoms with E-state index in [-0.39, 0.29) is 6.10 Å². The van der Waals surface area contributed by atoms with Gasteiger partial charge in [0.2, 0.25) is 0 Å². The molecule has 0 amide bonds. The first-order valence-corrected chi connectivity index (χ1v) is 5.57. The molecule has 0 saturated carbocycles. The van der Waals surface area contributed by atoms with Gasteiger partial charge < -0.3 is 10.0 Å². The lowest BCUT2D eigenvalue weighted by Crippen LogP contribution is -2.28. The Morgan fingerprint density at radius 1 is 1.33 bits per heavy atom. The summed E-state index contributed by atoms with van der Waals surface area (Å²) in [5.41, 5.74) is 2.45. The summed E-state index contributed by atoms with van der Waals surface area (Å²) in [6, 6.07) is 8.25. The molecule has 0 heterocycles. The van der Waals surface area contributed by atoms with E-state index in [9.17, 15) is 5.11 Å². The maximum atomic E-state index is 10.0. The second kappa shape index (κ2) is 4.33. The molecule has 0 bridgehead atoms. The number of fused-ring (bicyclic) bond motifs is 1. The van der Waals surface area contributed by atoms with Crippen LogP contribution in [0.3, 0.4) is 0 Å². The van der Waals surface area contributed by atoms with Gasteiger partial charge in [-0.15, -0.1) is 0 Å². The van der Waals surface area contributed by atoms with Crippen molar-refractivity contribution in [1.82, 2.24) is 4.90 Å². The fraction of sp³-hybridized carbons (Fsp3) is 0.538. The highest BCUT2D eigenvalue weighted by Crippen LogP contribution is 2.32. The second-order valence-corrected chi connectivity index (χ2v) is 4.78. The molecule has 1 N–H and O–H groups in total. The van der Waals surface area contributed by atoms with Crippen LogP contribution in [0.4, 0.5) is 0 Å². The molecule has 2 rings (SSSR count). The summed E-state index contributed by atoms with van der Waals surface area (Å²) in [6.45, 7) is 1.06. The summed E-state index contributed by atoms with van der Waals surface area (Å²) < 4.78 is 0. The number of rotatable bonds is 2. The number of nitrogens with zero attached hydrogens (tertiary/aromatic N) is 1. The zero-order chi connectivity index (χ0) is 10.8. The Labute approximate surface area is 91.5 Å². The Kier molecular flexibility index (Phi) is 3.08. The molecular formula is C13H19NO. The largest absolute Gasteiger partial charge is 0.388 e. The van der Waals surface area contributed by atoms with Crippen LogP contribution in [0.25, 0.3) is 0 Å². The number of aliphatic hydroxyl groups is 1. The molecule has 1 aromatic rings. The molecule has 0 aliphatic heterocycles. The van der Waals surface area contributed by atoms with E-state index in [1.54, 1.807) is 0 Å². The van der Waals surface area contributed by atoms with Gasteiger partial charge in [-0.3, -0.25) is 0 Å². The van der Waals surface area contributed by atoms with Crippen LogP contribution in [0.1, 0.15) is 23.7 Å².